The number of carbonyl (C=O) groups excluding carboxylic acids is 1. The third-order valence-electron chi connectivity index (χ3n) is 1.20. The minimum Gasteiger partial charge on any atom is -0.300 e. The Hall–Kier alpha value is -1.89. The first-order valence-electron chi connectivity index (χ1n) is 3.58. The molecule has 0 atom stereocenters. The van der Waals surface area contributed by atoms with Crippen molar-refractivity contribution in [1.82, 2.24) is 4.98 Å². The fourth-order valence-electron chi connectivity index (χ4n) is 0.739. The summed E-state index contributed by atoms with van der Waals surface area (Å²) in [7, 11) is 0. The summed E-state index contributed by atoms with van der Waals surface area (Å²) in [5.74, 6) is 3.69. The zero-order valence-corrected chi connectivity index (χ0v) is 6.97. The number of amides is 1. The SMILES string of the molecule is CC#CC(=O)Nc1cccc(F)n1. The van der Waals surface area contributed by atoms with E-state index in [-0.39, 0.29) is 5.82 Å². The van der Waals surface area contributed by atoms with Crippen molar-refractivity contribution in [2.24, 2.45) is 0 Å². The van der Waals surface area contributed by atoms with Crippen molar-refractivity contribution in [3.8, 4) is 11.8 Å². The van der Waals surface area contributed by atoms with Crippen LogP contribution in [0.25, 0.3) is 0 Å². The van der Waals surface area contributed by atoms with Gasteiger partial charge >= 0.3 is 5.91 Å². The molecule has 1 amide bonds. The van der Waals surface area contributed by atoms with Gasteiger partial charge in [0, 0.05) is 0 Å². The molecule has 4 heteroatoms. The number of pyridine rings is 1. The Kier molecular flexibility index (Phi) is 2.98. The number of hydrogen-bond acceptors (Lipinski definition) is 2. The molecule has 1 heterocycles. The molecule has 66 valence electrons. The van der Waals surface area contributed by atoms with E-state index < -0.39 is 11.9 Å². The molecule has 1 aromatic rings. The van der Waals surface area contributed by atoms with Crippen molar-refractivity contribution in [3.05, 3.63) is 24.1 Å². The van der Waals surface area contributed by atoms with Crippen LogP contribution in [0.15, 0.2) is 18.2 Å². The molecule has 0 bridgehead atoms. The molecule has 0 fully saturated rings. The minimum absolute atomic E-state index is 0.160. The average Bonchev–Trinajstić information content (AvgIpc) is 2.04. The van der Waals surface area contributed by atoms with Gasteiger partial charge in [-0.1, -0.05) is 12.0 Å². The Bertz CT molecular complexity index is 379. The lowest BCUT2D eigenvalue weighted by atomic mass is 10.4. The summed E-state index contributed by atoms with van der Waals surface area (Å²) in [6, 6.07) is 4.14. The van der Waals surface area contributed by atoms with Crippen molar-refractivity contribution < 1.29 is 9.18 Å². The Morgan fingerprint density at radius 1 is 1.62 bits per heavy atom. The van der Waals surface area contributed by atoms with Crippen LogP contribution < -0.4 is 5.32 Å². The zero-order chi connectivity index (χ0) is 9.68. The van der Waals surface area contributed by atoms with Crippen molar-refractivity contribution in [2.75, 3.05) is 5.32 Å². The molecular weight excluding hydrogens is 171 g/mol. The van der Waals surface area contributed by atoms with Crippen molar-refractivity contribution in [3.63, 3.8) is 0 Å². The fourth-order valence-corrected chi connectivity index (χ4v) is 0.739. The van der Waals surface area contributed by atoms with E-state index in [1.165, 1.54) is 18.2 Å². The molecule has 0 aliphatic rings. The Balaban J connectivity index is 2.73. The summed E-state index contributed by atoms with van der Waals surface area (Å²) < 4.78 is 12.5. The van der Waals surface area contributed by atoms with E-state index in [2.05, 4.69) is 22.1 Å². The van der Waals surface area contributed by atoms with Gasteiger partial charge in [0.2, 0.25) is 5.95 Å². The van der Waals surface area contributed by atoms with Crippen LogP contribution in [0.2, 0.25) is 0 Å². The monoisotopic (exact) mass is 178 g/mol. The van der Waals surface area contributed by atoms with Crippen LogP contribution in [-0.2, 0) is 4.79 Å². The quantitative estimate of drug-likeness (QED) is 0.518. The molecule has 1 N–H and O–H groups in total. The average molecular weight is 178 g/mol. The molecule has 1 aromatic heterocycles. The van der Waals surface area contributed by atoms with Gasteiger partial charge in [0.1, 0.15) is 5.82 Å². The second-order valence-electron chi connectivity index (χ2n) is 2.17. The van der Waals surface area contributed by atoms with Crippen molar-refractivity contribution in [1.29, 1.82) is 0 Å². The number of nitrogens with zero attached hydrogens (tertiary/aromatic N) is 1. The predicted octanol–water partition coefficient (Wildman–Crippen LogP) is 1.18. The van der Waals surface area contributed by atoms with Gasteiger partial charge in [-0.15, -0.1) is 0 Å². The summed E-state index contributed by atoms with van der Waals surface area (Å²) in [5.41, 5.74) is 0. The van der Waals surface area contributed by atoms with Gasteiger partial charge in [0.25, 0.3) is 0 Å². The molecule has 0 spiro atoms. The third kappa shape index (κ3) is 2.91. The first kappa shape index (κ1) is 9.20. The van der Waals surface area contributed by atoms with E-state index in [0.29, 0.717) is 0 Å². The molecule has 0 aliphatic carbocycles. The Labute approximate surface area is 75.0 Å². The van der Waals surface area contributed by atoms with Crippen LogP contribution in [0.1, 0.15) is 6.92 Å². The van der Waals surface area contributed by atoms with E-state index in [9.17, 15) is 9.18 Å². The van der Waals surface area contributed by atoms with Crippen LogP contribution >= 0.6 is 0 Å². The molecule has 0 radical (unpaired) electrons. The highest BCUT2D eigenvalue weighted by Gasteiger charge is 1.99. The maximum absolute atomic E-state index is 12.5. The fraction of sp³-hybridized carbons (Fsp3) is 0.111. The molecule has 13 heavy (non-hydrogen) atoms. The summed E-state index contributed by atoms with van der Waals surface area (Å²) in [5, 5.41) is 2.32. The van der Waals surface area contributed by atoms with E-state index in [4.69, 9.17) is 0 Å². The van der Waals surface area contributed by atoms with Gasteiger partial charge in [0.05, 0.1) is 0 Å². The number of hydrogen-bond donors (Lipinski definition) is 1. The maximum atomic E-state index is 12.5. The standard InChI is InChI=1S/C9H7FN2O/c1-2-4-9(13)12-8-6-3-5-7(10)11-8/h3,5-6H,1H3,(H,11,12,13). The third-order valence-corrected chi connectivity index (χ3v) is 1.20. The summed E-state index contributed by atoms with van der Waals surface area (Å²) in [4.78, 5) is 14.3. The van der Waals surface area contributed by atoms with Gasteiger partial charge in [0.15, 0.2) is 0 Å². The number of rotatable bonds is 1. The topological polar surface area (TPSA) is 42.0 Å². The van der Waals surface area contributed by atoms with Crippen LogP contribution in [0.4, 0.5) is 10.2 Å². The van der Waals surface area contributed by atoms with Crippen LogP contribution in [0.3, 0.4) is 0 Å². The number of anilines is 1. The van der Waals surface area contributed by atoms with Gasteiger partial charge < -0.3 is 0 Å². The summed E-state index contributed by atoms with van der Waals surface area (Å²) in [6.07, 6.45) is 0. The highest BCUT2D eigenvalue weighted by molar-refractivity contribution is 6.03. The molecule has 0 aliphatic heterocycles. The van der Waals surface area contributed by atoms with Gasteiger partial charge in [-0.3, -0.25) is 10.1 Å². The summed E-state index contributed by atoms with van der Waals surface area (Å²) in [6.45, 7) is 1.54. The maximum Gasteiger partial charge on any atom is 0.301 e. The normalized spacial score (nSPS) is 8.46. The number of nitrogens with one attached hydrogen (secondary N) is 1. The molecule has 1 rings (SSSR count). The lowest BCUT2D eigenvalue weighted by Crippen LogP contribution is -2.09. The highest BCUT2D eigenvalue weighted by Crippen LogP contribution is 2.02. The first-order chi connectivity index (χ1) is 6.22. The van der Waals surface area contributed by atoms with Crippen LogP contribution in [0.5, 0.6) is 0 Å². The molecule has 3 nitrogen and oxygen atoms in total. The van der Waals surface area contributed by atoms with Crippen molar-refractivity contribution in [2.45, 2.75) is 6.92 Å². The molecular formula is C9H7FN2O. The molecule has 0 saturated heterocycles. The molecule has 0 unspecified atom stereocenters. The summed E-state index contributed by atoms with van der Waals surface area (Å²) >= 11 is 0. The van der Waals surface area contributed by atoms with Gasteiger partial charge in [-0.2, -0.15) is 4.39 Å². The highest BCUT2D eigenvalue weighted by atomic mass is 19.1. The first-order valence-corrected chi connectivity index (χ1v) is 3.58. The second-order valence-corrected chi connectivity index (χ2v) is 2.17. The van der Waals surface area contributed by atoms with Crippen molar-refractivity contribution >= 4 is 11.7 Å². The van der Waals surface area contributed by atoms with Crippen LogP contribution in [0, 0.1) is 17.8 Å². The van der Waals surface area contributed by atoms with Gasteiger partial charge in [-0.05, 0) is 25.0 Å². The minimum atomic E-state index is -0.637. The molecule has 0 saturated carbocycles. The van der Waals surface area contributed by atoms with Crippen LogP contribution in [-0.4, -0.2) is 10.9 Å². The van der Waals surface area contributed by atoms with E-state index >= 15 is 0 Å². The largest absolute Gasteiger partial charge is 0.301 e. The second kappa shape index (κ2) is 4.21. The Morgan fingerprint density at radius 2 is 2.38 bits per heavy atom. The van der Waals surface area contributed by atoms with E-state index in [1.54, 1.807) is 6.92 Å². The lowest BCUT2D eigenvalue weighted by molar-refractivity contribution is -0.111. The molecule has 0 aromatic carbocycles. The smallest absolute Gasteiger partial charge is 0.300 e. The number of aromatic nitrogens is 1. The van der Waals surface area contributed by atoms with E-state index in [0.717, 1.165) is 0 Å². The predicted molar refractivity (Wildman–Crippen MR) is 46.3 cm³/mol. The zero-order valence-electron chi connectivity index (χ0n) is 6.97. The lowest BCUT2D eigenvalue weighted by Gasteiger charge is -1.97. The van der Waals surface area contributed by atoms with E-state index in [1.807, 2.05) is 0 Å². The number of halogens is 1. The Morgan fingerprint density at radius 3 is 3.00 bits per heavy atom. The van der Waals surface area contributed by atoms with Gasteiger partial charge in [-0.25, -0.2) is 4.98 Å². The number of carbonyl (C=O) groups is 1.